The molecule has 0 unspecified atom stereocenters. The van der Waals surface area contributed by atoms with Crippen LogP contribution in [0.2, 0.25) is 0 Å². The Balaban J connectivity index is 1.96. The van der Waals surface area contributed by atoms with Gasteiger partial charge in [-0.2, -0.15) is 0 Å². The lowest BCUT2D eigenvalue weighted by molar-refractivity contribution is -0.119. The molecular weight excluding hydrogens is 354 g/mol. The fraction of sp³-hybridized carbons (Fsp3) is 0.211. The van der Waals surface area contributed by atoms with E-state index >= 15 is 0 Å². The van der Waals surface area contributed by atoms with Gasteiger partial charge in [0.15, 0.2) is 12.4 Å². The smallest absolute Gasteiger partial charge is 0.339 e. The molecule has 1 N–H and O–H groups in total. The van der Waals surface area contributed by atoms with E-state index < -0.39 is 29.3 Å². The van der Waals surface area contributed by atoms with Crippen molar-refractivity contribution in [3.63, 3.8) is 0 Å². The molecule has 0 aromatic heterocycles. The van der Waals surface area contributed by atoms with Crippen LogP contribution in [0.15, 0.2) is 53.4 Å². The molecule has 136 valence electrons. The van der Waals surface area contributed by atoms with E-state index in [0.717, 1.165) is 0 Å². The number of nitrogens with one attached hydrogen (secondary N) is 1. The van der Waals surface area contributed by atoms with E-state index in [1.807, 2.05) is 0 Å². The summed E-state index contributed by atoms with van der Waals surface area (Å²) in [4.78, 5) is 35.7. The lowest BCUT2D eigenvalue weighted by Crippen LogP contribution is -2.21. The van der Waals surface area contributed by atoms with Gasteiger partial charge in [0.1, 0.15) is 0 Å². The van der Waals surface area contributed by atoms with Gasteiger partial charge in [-0.15, -0.1) is 0 Å². The number of anilines is 1. The van der Waals surface area contributed by atoms with Crippen molar-refractivity contribution in [3.8, 4) is 0 Å². The average Bonchev–Trinajstić information content (AvgIpc) is 2.65. The first-order chi connectivity index (χ1) is 12.4. The third-order valence-corrected chi connectivity index (χ3v) is 4.89. The molecule has 0 saturated carbocycles. The number of carbonyl (C=O) groups excluding carboxylic acids is 3. The van der Waals surface area contributed by atoms with E-state index in [0.29, 0.717) is 21.9 Å². The molecule has 0 spiro atoms. The third kappa shape index (κ3) is 5.10. The Labute approximate surface area is 154 Å². The summed E-state index contributed by atoms with van der Waals surface area (Å²) >= 11 is 0. The highest BCUT2D eigenvalue weighted by atomic mass is 32.2. The summed E-state index contributed by atoms with van der Waals surface area (Å²) in [6.45, 7) is 2.74. The molecule has 0 saturated heterocycles. The number of carbonyl (C=O) groups is 3. The third-order valence-electron chi connectivity index (χ3n) is 3.52. The summed E-state index contributed by atoms with van der Waals surface area (Å²) < 4.78 is 17.0. The van der Waals surface area contributed by atoms with Crippen LogP contribution in [-0.2, 0) is 20.3 Å². The molecule has 0 fully saturated rings. The van der Waals surface area contributed by atoms with Crippen molar-refractivity contribution in [1.29, 1.82) is 0 Å². The maximum atomic E-state index is 12.2. The van der Waals surface area contributed by atoms with Crippen LogP contribution in [0, 0.1) is 0 Å². The van der Waals surface area contributed by atoms with Crippen molar-refractivity contribution in [3.05, 3.63) is 59.7 Å². The van der Waals surface area contributed by atoms with Gasteiger partial charge >= 0.3 is 5.97 Å². The number of hydrogen-bond donors (Lipinski definition) is 1. The molecule has 0 aliphatic rings. The molecule has 0 aliphatic carbocycles. The minimum absolute atomic E-state index is 0.0695. The standard InChI is InChI=1S/C19H19NO5S/c1-3-26(24)17-7-5-4-6-16(17)19(23)25-12-18(22)20-15-10-8-14(9-11-15)13(2)21/h4-11H,3,12H2,1-2H3,(H,20,22)/t26-/m1/s1. The van der Waals surface area contributed by atoms with E-state index in [9.17, 15) is 18.6 Å². The Morgan fingerprint density at radius 2 is 1.69 bits per heavy atom. The number of Topliss-reactive ketones (excluding diaryl/α,β-unsaturated/α-hetero) is 1. The second kappa shape index (κ2) is 9.05. The van der Waals surface area contributed by atoms with Crippen molar-refractivity contribution in [1.82, 2.24) is 0 Å². The van der Waals surface area contributed by atoms with Crippen LogP contribution in [-0.4, -0.2) is 34.2 Å². The van der Waals surface area contributed by atoms with Crippen molar-refractivity contribution in [2.75, 3.05) is 17.7 Å². The summed E-state index contributed by atoms with van der Waals surface area (Å²) in [6.07, 6.45) is 0. The molecule has 2 aromatic rings. The number of benzene rings is 2. The van der Waals surface area contributed by atoms with E-state index in [4.69, 9.17) is 4.74 Å². The molecule has 2 aromatic carbocycles. The van der Waals surface area contributed by atoms with Crippen LogP contribution in [0.4, 0.5) is 5.69 Å². The Hall–Kier alpha value is -2.80. The largest absolute Gasteiger partial charge is 0.452 e. The number of ketones is 1. The molecule has 26 heavy (non-hydrogen) atoms. The first kappa shape index (κ1) is 19.5. The first-order valence-electron chi connectivity index (χ1n) is 7.97. The first-order valence-corrected chi connectivity index (χ1v) is 9.29. The Morgan fingerprint density at radius 1 is 1.04 bits per heavy atom. The molecule has 0 bridgehead atoms. The van der Waals surface area contributed by atoms with Crippen LogP contribution in [0.1, 0.15) is 34.6 Å². The van der Waals surface area contributed by atoms with Gasteiger partial charge in [0.25, 0.3) is 5.91 Å². The molecule has 1 atom stereocenters. The van der Waals surface area contributed by atoms with Crippen LogP contribution < -0.4 is 5.32 Å². The molecule has 0 heterocycles. The normalized spacial score (nSPS) is 11.5. The van der Waals surface area contributed by atoms with Crippen LogP contribution in [0.25, 0.3) is 0 Å². The number of hydrogen-bond acceptors (Lipinski definition) is 5. The van der Waals surface area contributed by atoms with E-state index in [-0.39, 0.29) is 11.3 Å². The SMILES string of the molecule is CC[S@@](=O)c1ccccc1C(=O)OCC(=O)Nc1ccc(C(C)=O)cc1. The number of amides is 1. The predicted molar refractivity (Wildman–Crippen MR) is 98.8 cm³/mol. The highest BCUT2D eigenvalue weighted by Crippen LogP contribution is 2.15. The highest BCUT2D eigenvalue weighted by molar-refractivity contribution is 7.85. The molecule has 2 rings (SSSR count). The van der Waals surface area contributed by atoms with E-state index in [1.54, 1.807) is 49.4 Å². The summed E-state index contributed by atoms with van der Waals surface area (Å²) in [6, 6.07) is 12.8. The van der Waals surface area contributed by atoms with E-state index in [2.05, 4.69) is 5.32 Å². The van der Waals surface area contributed by atoms with Crippen molar-refractivity contribution < 1.29 is 23.3 Å². The molecule has 0 radical (unpaired) electrons. The quantitative estimate of drug-likeness (QED) is 0.595. The monoisotopic (exact) mass is 373 g/mol. The fourth-order valence-electron chi connectivity index (χ4n) is 2.18. The lowest BCUT2D eigenvalue weighted by Gasteiger charge is -2.09. The number of rotatable bonds is 7. The lowest BCUT2D eigenvalue weighted by atomic mass is 10.1. The highest BCUT2D eigenvalue weighted by Gasteiger charge is 2.17. The van der Waals surface area contributed by atoms with Crippen LogP contribution >= 0.6 is 0 Å². The van der Waals surface area contributed by atoms with Gasteiger partial charge in [0.2, 0.25) is 0 Å². The molecule has 0 aliphatic heterocycles. The summed E-state index contributed by atoms with van der Waals surface area (Å²) in [5.74, 6) is -0.909. The molecular formula is C19H19NO5S. The summed E-state index contributed by atoms with van der Waals surface area (Å²) in [7, 11) is -1.30. The fourth-order valence-corrected chi connectivity index (χ4v) is 3.12. The van der Waals surface area contributed by atoms with Gasteiger partial charge < -0.3 is 10.1 Å². The maximum Gasteiger partial charge on any atom is 0.339 e. The summed E-state index contributed by atoms with van der Waals surface area (Å²) in [5.41, 5.74) is 1.21. The second-order valence-corrected chi connectivity index (χ2v) is 7.10. The molecule has 1 amide bonds. The summed E-state index contributed by atoms with van der Waals surface area (Å²) in [5, 5.41) is 2.58. The Bertz CT molecular complexity index is 845. The predicted octanol–water partition coefficient (Wildman–Crippen LogP) is 2.81. The number of esters is 1. The molecule has 6 nitrogen and oxygen atoms in total. The van der Waals surface area contributed by atoms with Gasteiger partial charge in [-0.3, -0.25) is 13.8 Å². The van der Waals surface area contributed by atoms with Gasteiger partial charge in [0.05, 0.1) is 21.3 Å². The Kier molecular flexibility index (Phi) is 6.80. The van der Waals surface area contributed by atoms with Crippen molar-refractivity contribution >= 4 is 34.1 Å². The zero-order chi connectivity index (χ0) is 19.1. The van der Waals surface area contributed by atoms with Crippen molar-refractivity contribution in [2.45, 2.75) is 18.7 Å². The van der Waals surface area contributed by atoms with Gasteiger partial charge in [-0.05, 0) is 43.3 Å². The van der Waals surface area contributed by atoms with Crippen molar-refractivity contribution in [2.24, 2.45) is 0 Å². The zero-order valence-electron chi connectivity index (χ0n) is 14.5. The van der Waals surface area contributed by atoms with E-state index in [1.165, 1.54) is 13.0 Å². The molecule has 7 heteroatoms. The van der Waals surface area contributed by atoms with Gasteiger partial charge in [-0.25, -0.2) is 4.79 Å². The van der Waals surface area contributed by atoms with Gasteiger partial charge in [-0.1, -0.05) is 19.1 Å². The van der Waals surface area contributed by atoms with Crippen LogP contribution in [0.5, 0.6) is 0 Å². The maximum absolute atomic E-state index is 12.2. The zero-order valence-corrected chi connectivity index (χ0v) is 15.3. The minimum Gasteiger partial charge on any atom is -0.452 e. The van der Waals surface area contributed by atoms with Gasteiger partial charge in [0, 0.05) is 17.0 Å². The minimum atomic E-state index is -1.30. The second-order valence-electron chi connectivity index (χ2n) is 5.39. The van der Waals surface area contributed by atoms with Crippen LogP contribution in [0.3, 0.4) is 0 Å². The topological polar surface area (TPSA) is 89.5 Å². The Morgan fingerprint density at radius 3 is 2.31 bits per heavy atom. The average molecular weight is 373 g/mol. The number of ether oxygens (including phenoxy) is 1.